The first-order valence-electron chi connectivity index (χ1n) is 5.22. The summed E-state index contributed by atoms with van der Waals surface area (Å²) in [4.78, 5) is 0. The third-order valence-electron chi connectivity index (χ3n) is 2.10. The van der Waals surface area contributed by atoms with Crippen molar-refractivity contribution in [1.82, 2.24) is 0 Å². The predicted octanol–water partition coefficient (Wildman–Crippen LogP) is 5.28. The fraction of sp³-hybridized carbons (Fsp3) is 1.00. The van der Waals surface area contributed by atoms with Crippen molar-refractivity contribution >= 4 is 0 Å². The van der Waals surface area contributed by atoms with Crippen LogP contribution in [-0.2, 0) is 0 Å². The number of rotatable bonds is 4. The highest BCUT2D eigenvalue weighted by atomic mass is 13.9. The van der Waals surface area contributed by atoms with E-state index >= 15 is 0 Å². The van der Waals surface area contributed by atoms with Gasteiger partial charge >= 0.3 is 0 Å². The van der Waals surface area contributed by atoms with E-state index in [0.29, 0.717) is 0 Å². The molecule has 0 N–H and O–H groups in total. The summed E-state index contributed by atoms with van der Waals surface area (Å²) in [6.45, 7) is 11.2. The zero-order valence-electron chi connectivity index (χ0n) is 9.11. The summed E-state index contributed by atoms with van der Waals surface area (Å²) in [5.41, 5.74) is 0. The van der Waals surface area contributed by atoms with Crippen LogP contribution < -0.4 is 0 Å². The van der Waals surface area contributed by atoms with Crippen molar-refractivity contribution < 1.29 is 0 Å². The van der Waals surface area contributed by atoms with Crippen LogP contribution in [0.3, 0.4) is 0 Å². The molecule has 0 aromatic heterocycles. The van der Waals surface area contributed by atoms with Gasteiger partial charge in [0.25, 0.3) is 0 Å². The van der Waals surface area contributed by atoms with Gasteiger partial charge in [-0.2, -0.15) is 0 Å². The molecule has 0 nitrogen and oxygen atoms in total. The minimum atomic E-state index is 0. The van der Waals surface area contributed by atoms with Gasteiger partial charge in [0.1, 0.15) is 0 Å². The molecule has 0 fully saturated rings. The largest absolute Gasteiger partial charge is 0.0776 e. The second-order valence-electron chi connectivity index (χ2n) is 3.28. The van der Waals surface area contributed by atoms with Crippen molar-refractivity contribution in [1.29, 1.82) is 0 Å². The van der Waals surface area contributed by atoms with Gasteiger partial charge in [0, 0.05) is 0 Å². The van der Waals surface area contributed by atoms with Crippen LogP contribution in [0.1, 0.15) is 74.1 Å². The lowest BCUT2D eigenvalue weighted by molar-refractivity contribution is 0.544. The third-order valence-corrected chi connectivity index (χ3v) is 2.10. The quantitative estimate of drug-likeness (QED) is 0.544. The Morgan fingerprint density at radius 3 is 1.17 bits per heavy atom. The third kappa shape index (κ3) is 22.5. The second-order valence-corrected chi connectivity index (χ2v) is 3.28. The van der Waals surface area contributed by atoms with Gasteiger partial charge in [-0.1, -0.05) is 74.1 Å². The van der Waals surface area contributed by atoms with Gasteiger partial charge in [0.15, 0.2) is 0 Å². The van der Waals surface area contributed by atoms with Crippen LogP contribution in [0.4, 0.5) is 0 Å². The van der Waals surface area contributed by atoms with E-state index in [0.717, 1.165) is 5.92 Å². The van der Waals surface area contributed by atoms with Gasteiger partial charge in [-0.3, -0.25) is 0 Å². The van der Waals surface area contributed by atoms with Crippen LogP contribution in [0.5, 0.6) is 0 Å². The molecule has 0 bridgehead atoms. The maximum absolute atomic E-state index is 2.28. The molecule has 78 valence electrons. The lowest BCUT2D eigenvalue weighted by Crippen LogP contribution is -1.85. The van der Waals surface area contributed by atoms with E-state index in [-0.39, 0.29) is 7.43 Å². The minimum absolute atomic E-state index is 0. The van der Waals surface area contributed by atoms with E-state index in [4.69, 9.17) is 0 Å². The topological polar surface area (TPSA) is 0 Å². The molecule has 0 aliphatic carbocycles. The van der Waals surface area contributed by atoms with Crippen LogP contribution >= 0.6 is 0 Å². The first kappa shape index (κ1) is 17.9. The predicted molar refractivity (Wildman–Crippen MR) is 61.7 cm³/mol. The van der Waals surface area contributed by atoms with Gasteiger partial charge in [-0.15, -0.1) is 0 Å². The van der Waals surface area contributed by atoms with Gasteiger partial charge in [-0.05, 0) is 5.92 Å². The molecule has 0 saturated heterocycles. The molecule has 0 rings (SSSR count). The smallest absolute Gasteiger partial charge is 0.0448 e. The molecule has 0 amide bonds. The molecule has 0 heterocycles. The fourth-order valence-corrected chi connectivity index (χ4v) is 0.642. The zero-order chi connectivity index (χ0) is 9.11. The Labute approximate surface area is 80.8 Å². The molecule has 0 unspecified atom stereocenters. The van der Waals surface area contributed by atoms with Crippen LogP contribution in [0, 0.1) is 5.92 Å². The highest BCUT2D eigenvalue weighted by Gasteiger charge is 1.88. The van der Waals surface area contributed by atoms with Crippen LogP contribution in [0.15, 0.2) is 0 Å². The molecule has 0 heteroatoms. The van der Waals surface area contributed by atoms with Crippen LogP contribution in [0.25, 0.3) is 0 Å². The number of hydrogen-bond acceptors (Lipinski definition) is 0. The van der Waals surface area contributed by atoms with E-state index in [1.807, 2.05) is 0 Å². The standard InChI is InChI=1S/C6H14.C5H12.CH4/c1-4-6(3)5-2;1-3-5-4-2;/h6H,4-5H2,1-3H3;3-5H2,1-2H3;1H4. The lowest BCUT2D eigenvalue weighted by Gasteiger charge is -1.98. The molecule has 12 heavy (non-hydrogen) atoms. The van der Waals surface area contributed by atoms with Gasteiger partial charge < -0.3 is 0 Å². The highest BCUT2D eigenvalue weighted by molar-refractivity contribution is 4.41. The Balaban J connectivity index is -0.000000126. The van der Waals surface area contributed by atoms with Gasteiger partial charge in [-0.25, -0.2) is 0 Å². The molecule has 0 atom stereocenters. The summed E-state index contributed by atoms with van der Waals surface area (Å²) in [5.74, 6) is 0.935. The Morgan fingerprint density at radius 1 is 0.833 bits per heavy atom. The van der Waals surface area contributed by atoms with Crippen LogP contribution in [0.2, 0.25) is 0 Å². The maximum Gasteiger partial charge on any atom is -0.0448 e. The Hall–Kier alpha value is 0. The van der Waals surface area contributed by atoms with Crippen molar-refractivity contribution in [2.24, 2.45) is 5.92 Å². The summed E-state index contributed by atoms with van der Waals surface area (Å²) in [7, 11) is 0. The zero-order valence-corrected chi connectivity index (χ0v) is 9.11. The van der Waals surface area contributed by atoms with E-state index in [1.165, 1.54) is 32.1 Å². The number of unbranched alkanes of at least 4 members (excludes halogenated alkanes) is 2. The summed E-state index contributed by atoms with van der Waals surface area (Å²) in [6, 6.07) is 0. The second kappa shape index (κ2) is 17.2. The SMILES string of the molecule is C.CCC(C)CC.CCCCC. The van der Waals surface area contributed by atoms with E-state index in [2.05, 4.69) is 34.6 Å². The van der Waals surface area contributed by atoms with Crippen molar-refractivity contribution in [3.63, 3.8) is 0 Å². The van der Waals surface area contributed by atoms with E-state index in [1.54, 1.807) is 0 Å². The molecule has 0 radical (unpaired) electrons. The normalized spacial score (nSPS) is 8.50. The van der Waals surface area contributed by atoms with E-state index < -0.39 is 0 Å². The molecule has 0 aliphatic rings. The lowest BCUT2D eigenvalue weighted by atomic mass is 10.1. The van der Waals surface area contributed by atoms with Crippen molar-refractivity contribution in [2.75, 3.05) is 0 Å². The van der Waals surface area contributed by atoms with Crippen molar-refractivity contribution in [3.05, 3.63) is 0 Å². The molecule has 0 aromatic carbocycles. The van der Waals surface area contributed by atoms with Gasteiger partial charge in [0.2, 0.25) is 0 Å². The monoisotopic (exact) mass is 174 g/mol. The number of hydrogen-bond donors (Lipinski definition) is 0. The van der Waals surface area contributed by atoms with Gasteiger partial charge in [0.05, 0.1) is 0 Å². The Bertz CT molecular complexity index is 42.0. The molecule has 0 saturated carbocycles. The summed E-state index contributed by atoms with van der Waals surface area (Å²) in [6.07, 6.45) is 6.74. The first-order chi connectivity index (χ1) is 5.22. The minimum Gasteiger partial charge on any atom is -0.0776 e. The Morgan fingerprint density at radius 2 is 1.17 bits per heavy atom. The molecular weight excluding hydrogens is 144 g/mol. The highest BCUT2D eigenvalue weighted by Crippen LogP contribution is 2.02. The molecule has 0 spiro atoms. The average molecular weight is 174 g/mol. The molecular formula is C12H30. The summed E-state index contributed by atoms with van der Waals surface area (Å²) < 4.78 is 0. The van der Waals surface area contributed by atoms with Crippen LogP contribution in [-0.4, -0.2) is 0 Å². The maximum atomic E-state index is 2.28. The first-order valence-corrected chi connectivity index (χ1v) is 5.22. The fourth-order valence-electron chi connectivity index (χ4n) is 0.642. The van der Waals surface area contributed by atoms with Crippen molar-refractivity contribution in [3.8, 4) is 0 Å². The Kier molecular flexibility index (Phi) is 25.7. The van der Waals surface area contributed by atoms with E-state index in [9.17, 15) is 0 Å². The molecule has 0 aliphatic heterocycles. The average Bonchev–Trinajstić information content (AvgIpc) is 2.06. The molecule has 0 aromatic rings. The summed E-state index contributed by atoms with van der Waals surface area (Å²) in [5, 5.41) is 0. The summed E-state index contributed by atoms with van der Waals surface area (Å²) >= 11 is 0. The van der Waals surface area contributed by atoms with Crippen molar-refractivity contribution in [2.45, 2.75) is 74.1 Å².